The molecule has 0 bridgehead atoms. The maximum Gasteiger partial charge on any atom is 0.127 e. The number of ether oxygens (including phenoxy) is 6. The topological polar surface area (TPSA) is 154 Å². The Labute approximate surface area is 515 Å². The number of benzene rings is 8. The molecule has 88 heavy (non-hydrogen) atoms. The highest BCUT2D eigenvalue weighted by Crippen LogP contribution is 2.35. The van der Waals surface area contributed by atoms with E-state index in [1.807, 2.05) is 97.1 Å². The second-order valence-corrected chi connectivity index (χ2v) is 22.8. The molecule has 2 saturated heterocycles. The summed E-state index contributed by atoms with van der Waals surface area (Å²) in [5, 5.41) is 20.7. The Bertz CT molecular complexity index is 3120. The van der Waals surface area contributed by atoms with E-state index in [1.165, 1.54) is 58.7 Å². The summed E-state index contributed by atoms with van der Waals surface area (Å²) in [4.78, 5) is 0. The van der Waals surface area contributed by atoms with Gasteiger partial charge in [-0.15, -0.1) is 0 Å². The largest absolute Gasteiger partial charge is 0.487 e. The molecule has 0 saturated carbocycles. The number of halogens is 4. The minimum Gasteiger partial charge on any atom is -0.487 e. The van der Waals surface area contributed by atoms with Crippen molar-refractivity contribution >= 4 is 0 Å². The van der Waals surface area contributed by atoms with Crippen LogP contribution in [-0.2, 0) is 61.1 Å². The van der Waals surface area contributed by atoms with Gasteiger partial charge in [0, 0.05) is 13.1 Å². The second-order valence-electron chi connectivity index (χ2n) is 22.8. The summed E-state index contributed by atoms with van der Waals surface area (Å²) in [5.74, 6) is 2.21. The molecule has 6 aliphatic rings. The lowest BCUT2D eigenvalue weighted by Crippen LogP contribution is -2.35. The molecular weight excluding hydrogens is 1120 g/mol. The zero-order valence-electron chi connectivity index (χ0n) is 49.8. The number of epoxide rings is 2. The van der Waals surface area contributed by atoms with Gasteiger partial charge in [-0.1, -0.05) is 121 Å². The van der Waals surface area contributed by atoms with Crippen molar-refractivity contribution in [2.75, 3.05) is 13.2 Å². The van der Waals surface area contributed by atoms with Crippen molar-refractivity contribution in [1.29, 1.82) is 0 Å². The molecule has 6 aliphatic heterocycles. The summed E-state index contributed by atoms with van der Waals surface area (Å²) in [5.41, 5.74) is 19.4. The van der Waals surface area contributed by atoms with Gasteiger partial charge in [-0.2, -0.15) is 0 Å². The van der Waals surface area contributed by atoms with Crippen molar-refractivity contribution in [3.63, 3.8) is 0 Å². The van der Waals surface area contributed by atoms with Crippen LogP contribution in [0.2, 0.25) is 0 Å². The molecule has 0 unspecified atom stereocenters. The van der Waals surface area contributed by atoms with Crippen LogP contribution in [0.4, 0.5) is 17.6 Å². The van der Waals surface area contributed by atoms with Crippen LogP contribution in [0.1, 0.15) is 95.9 Å². The van der Waals surface area contributed by atoms with Crippen molar-refractivity contribution in [1.82, 2.24) is 0 Å². The van der Waals surface area contributed by atoms with Gasteiger partial charge >= 0.3 is 0 Å². The Kier molecular flexibility index (Phi) is 24.9. The Morgan fingerprint density at radius 2 is 0.648 bits per heavy atom. The number of fused-ring (bicyclic) bond motifs is 4. The van der Waals surface area contributed by atoms with Crippen LogP contribution >= 0.6 is 0 Å². The van der Waals surface area contributed by atoms with E-state index in [9.17, 15) is 27.8 Å². The van der Waals surface area contributed by atoms with Gasteiger partial charge in [-0.25, -0.2) is 17.6 Å². The predicted molar refractivity (Wildman–Crippen MR) is 335 cm³/mol. The van der Waals surface area contributed by atoms with E-state index in [1.54, 1.807) is 36.4 Å². The average Bonchev–Trinajstić information content (AvgIpc) is 4.25. The molecule has 0 aliphatic carbocycles. The molecule has 2 fully saturated rings. The van der Waals surface area contributed by atoms with Gasteiger partial charge < -0.3 is 50.1 Å². The minimum absolute atomic E-state index is 0.174. The molecule has 6 heterocycles. The second kappa shape index (κ2) is 33.7. The molecule has 8 aromatic carbocycles. The van der Waals surface area contributed by atoms with Crippen molar-refractivity contribution in [3.05, 3.63) is 262 Å². The summed E-state index contributed by atoms with van der Waals surface area (Å²) >= 11 is 0. The van der Waals surface area contributed by atoms with Crippen molar-refractivity contribution in [3.8, 4) is 23.0 Å². The minimum atomic E-state index is -0.470. The molecule has 0 amide bonds. The third-order valence-electron chi connectivity index (χ3n) is 16.2. The van der Waals surface area contributed by atoms with Crippen molar-refractivity contribution in [2.45, 2.75) is 152 Å². The Morgan fingerprint density at radius 1 is 0.364 bits per heavy atom. The number of rotatable bonds is 14. The Morgan fingerprint density at radius 3 is 0.932 bits per heavy atom. The molecule has 8 aromatic rings. The van der Waals surface area contributed by atoms with Crippen LogP contribution in [-0.4, -0.2) is 72.3 Å². The van der Waals surface area contributed by atoms with E-state index >= 15 is 0 Å². The van der Waals surface area contributed by atoms with Crippen molar-refractivity contribution < 1.29 is 56.2 Å². The lowest BCUT2D eigenvalue weighted by atomic mass is 9.96. The van der Waals surface area contributed by atoms with Crippen LogP contribution in [0.25, 0.3) is 0 Å². The SMILES string of the molecule is Fc1ccc2c(c1)CC[C@@H]([C@H]1CO1)O2.Fc1ccc2c(c1)CC[C@H]([C@@H]1CO1)O2.NCc1ccccc1.NCc1ccccc1.O[C@@H](CCCc1ccccc1)[C@H]1CCc2cc(F)ccc2O1.O[C@H](CCCc1ccccc1)[C@@H]1CCc2cc(F)ccc2O1. The first-order chi connectivity index (χ1) is 43.0. The van der Waals surface area contributed by atoms with Crippen LogP contribution in [0, 0.1) is 23.3 Å². The molecule has 0 spiro atoms. The van der Waals surface area contributed by atoms with Gasteiger partial charge in [0.1, 0.15) is 82.9 Å². The zero-order valence-corrected chi connectivity index (χ0v) is 49.8. The molecule has 464 valence electrons. The summed E-state index contributed by atoms with van der Waals surface area (Å²) in [6.45, 7) is 2.89. The fraction of sp³-hybridized carbons (Fsp3) is 0.351. The van der Waals surface area contributed by atoms with Crippen LogP contribution in [0.15, 0.2) is 194 Å². The van der Waals surface area contributed by atoms with Gasteiger partial charge in [0.05, 0.1) is 25.4 Å². The maximum atomic E-state index is 13.2. The van der Waals surface area contributed by atoms with Gasteiger partial charge in [0.15, 0.2) is 0 Å². The third-order valence-corrected chi connectivity index (χ3v) is 16.2. The van der Waals surface area contributed by atoms with Crippen LogP contribution in [0.5, 0.6) is 23.0 Å². The van der Waals surface area contributed by atoms with Gasteiger partial charge in [-0.05, 0) is 207 Å². The first-order valence-electron chi connectivity index (χ1n) is 30.9. The van der Waals surface area contributed by atoms with E-state index in [-0.39, 0.29) is 59.9 Å². The van der Waals surface area contributed by atoms with Gasteiger partial charge in [0.25, 0.3) is 0 Å². The normalized spacial score (nSPS) is 20.1. The molecule has 6 N–H and O–H groups in total. The maximum absolute atomic E-state index is 13.2. The average molecular weight is 1200 g/mol. The van der Waals surface area contributed by atoms with Crippen LogP contribution < -0.4 is 30.4 Å². The molecule has 14 rings (SSSR count). The van der Waals surface area contributed by atoms with E-state index in [2.05, 4.69) is 24.3 Å². The number of hydrogen-bond donors (Lipinski definition) is 4. The van der Waals surface area contributed by atoms with Gasteiger partial charge in [0.2, 0.25) is 0 Å². The van der Waals surface area contributed by atoms with Crippen molar-refractivity contribution in [2.24, 2.45) is 11.5 Å². The highest BCUT2D eigenvalue weighted by molar-refractivity contribution is 5.39. The standard InChI is InChI=1S/2C19H21FO2.2C11H11FO2.2C7H9N/c2*20-16-10-12-18-15(13-16)9-11-19(22-18)17(21)8-4-7-14-5-2-1-3-6-14;2*12-8-2-4-9-7(5-8)1-3-10(14-9)11-6-13-11;2*8-6-7-4-2-1-3-5-7/h2*1-3,5-6,10,12-13,17,19,21H,4,7-9,11H2;2*2,4-5,10-11H,1,3,6H2;2*1-5H,6,8H2/t2*17-,19+;2*10-,11+;;/m1010../s1. The first kappa shape index (κ1) is 64.9. The fourth-order valence-corrected chi connectivity index (χ4v) is 11.0. The lowest BCUT2D eigenvalue weighted by Gasteiger charge is -2.29. The Hall–Kier alpha value is -7.56. The van der Waals surface area contributed by atoms with E-state index in [0.29, 0.717) is 24.6 Å². The quantitative estimate of drug-likeness (QED) is 0.0611. The molecule has 8 atom stereocenters. The molecule has 0 aromatic heterocycles. The summed E-state index contributed by atoms with van der Waals surface area (Å²) in [6.07, 6.45) is 11.4. The highest BCUT2D eigenvalue weighted by Gasteiger charge is 2.38. The smallest absolute Gasteiger partial charge is 0.127 e. The number of nitrogens with two attached hydrogens (primary N) is 2. The molecule has 10 nitrogen and oxygen atoms in total. The molecule has 14 heteroatoms. The number of aliphatic hydroxyl groups is 2. The summed E-state index contributed by atoms with van der Waals surface area (Å²) in [7, 11) is 0. The predicted octanol–water partition coefficient (Wildman–Crippen LogP) is 13.9. The first-order valence-corrected chi connectivity index (χ1v) is 30.9. The molecule has 0 radical (unpaired) electrons. The number of aliphatic hydroxyl groups excluding tert-OH is 2. The highest BCUT2D eigenvalue weighted by atomic mass is 19.1. The van der Waals surface area contributed by atoms with Crippen LogP contribution in [0.3, 0.4) is 0 Å². The van der Waals surface area contributed by atoms with E-state index in [4.69, 9.17) is 39.9 Å². The van der Waals surface area contributed by atoms with Gasteiger partial charge in [-0.3, -0.25) is 0 Å². The fourth-order valence-electron chi connectivity index (χ4n) is 11.0. The van der Waals surface area contributed by atoms with E-state index in [0.717, 1.165) is 137 Å². The summed E-state index contributed by atoms with van der Waals surface area (Å²) < 4.78 is 85.6. The number of aryl methyl sites for hydroxylation is 6. The zero-order chi connectivity index (χ0) is 61.5. The lowest BCUT2D eigenvalue weighted by molar-refractivity contribution is 0.0179. The molecular formula is C74H82F4N2O8. The Balaban J connectivity index is 0.000000131. The number of hydrogen-bond acceptors (Lipinski definition) is 10. The van der Waals surface area contributed by atoms with E-state index < -0.39 is 12.2 Å². The third kappa shape index (κ3) is 20.8. The summed E-state index contributed by atoms with van der Waals surface area (Å²) in [6, 6.07) is 59.1. The monoisotopic (exact) mass is 1200 g/mol.